The highest BCUT2D eigenvalue weighted by Gasteiger charge is 2.36. The number of rotatable bonds is 3. The number of methoxy groups -OCH3 is 1. The minimum Gasteiger partial charge on any atom is -0.497 e. The van der Waals surface area contributed by atoms with Crippen LogP contribution in [0.2, 0.25) is 0 Å². The van der Waals surface area contributed by atoms with Crippen molar-refractivity contribution in [2.24, 2.45) is 5.92 Å². The Hall–Kier alpha value is -1.36. The zero-order chi connectivity index (χ0) is 17.4. The Morgan fingerprint density at radius 1 is 1.24 bits per heavy atom. The first kappa shape index (κ1) is 17.1. The summed E-state index contributed by atoms with van der Waals surface area (Å²) in [7, 11) is 3.97. The van der Waals surface area contributed by atoms with Crippen molar-refractivity contribution in [2.75, 3.05) is 40.5 Å². The van der Waals surface area contributed by atoms with Gasteiger partial charge in [0.05, 0.1) is 20.3 Å². The third-order valence-corrected chi connectivity index (χ3v) is 5.91. The molecule has 1 aromatic carbocycles. The summed E-state index contributed by atoms with van der Waals surface area (Å²) < 4.78 is 17.3. The number of fused-ring (bicyclic) bond motifs is 3. The monoisotopic (exact) mass is 343 g/mol. The first-order valence-electron chi connectivity index (χ1n) is 9.44. The van der Waals surface area contributed by atoms with Gasteiger partial charge in [-0.15, -0.1) is 0 Å². The minimum absolute atomic E-state index is 0.470. The van der Waals surface area contributed by atoms with E-state index in [1.54, 1.807) is 12.7 Å². The lowest BCUT2D eigenvalue weighted by molar-refractivity contribution is -0.140. The van der Waals surface area contributed by atoms with E-state index < -0.39 is 5.79 Å². The minimum atomic E-state index is -0.470. The summed E-state index contributed by atoms with van der Waals surface area (Å²) in [6.07, 6.45) is 4.46. The lowest BCUT2D eigenvalue weighted by Gasteiger charge is -2.31. The van der Waals surface area contributed by atoms with Crippen molar-refractivity contribution in [1.29, 1.82) is 0 Å². The predicted molar refractivity (Wildman–Crippen MR) is 98.8 cm³/mol. The summed E-state index contributed by atoms with van der Waals surface area (Å²) in [6, 6.07) is 6.58. The molecule has 2 heterocycles. The Kier molecular flexibility index (Phi) is 4.61. The van der Waals surface area contributed by atoms with E-state index >= 15 is 0 Å². The van der Waals surface area contributed by atoms with Gasteiger partial charge in [-0.1, -0.05) is 6.07 Å². The molecule has 3 aliphatic rings. The van der Waals surface area contributed by atoms with E-state index in [0.29, 0.717) is 19.1 Å². The number of hydrogen-bond acceptors (Lipinski definition) is 4. The Morgan fingerprint density at radius 2 is 2.04 bits per heavy atom. The molecule has 0 amide bonds. The Bertz CT molecular complexity index is 676. The molecule has 0 saturated carbocycles. The first-order valence-corrected chi connectivity index (χ1v) is 9.44. The highest BCUT2D eigenvalue weighted by molar-refractivity contribution is 5.75. The van der Waals surface area contributed by atoms with Crippen LogP contribution in [-0.4, -0.2) is 51.1 Å². The fraction of sp³-hybridized carbons (Fsp3) is 0.619. The normalized spacial score (nSPS) is 26.1. The third-order valence-electron chi connectivity index (χ3n) is 5.91. The van der Waals surface area contributed by atoms with E-state index in [1.165, 1.54) is 29.5 Å². The fourth-order valence-electron chi connectivity index (χ4n) is 4.69. The van der Waals surface area contributed by atoms with Gasteiger partial charge in [-0.3, -0.25) is 0 Å². The van der Waals surface area contributed by atoms with Crippen LogP contribution in [0.15, 0.2) is 23.8 Å². The van der Waals surface area contributed by atoms with Gasteiger partial charge in [0, 0.05) is 13.0 Å². The Balaban J connectivity index is 1.78. The summed E-state index contributed by atoms with van der Waals surface area (Å²) in [5.41, 5.74) is 5.88. The number of ether oxygens (including phenoxy) is 3. The van der Waals surface area contributed by atoms with Crippen molar-refractivity contribution in [1.82, 2.24) is 4.90 Å². The van der Waals surface area contributed by atoms with Crippen molar-refractivity contribution in [3.8, 4) is 5.75 Å². The van der Waals surface area contributed by atoms with Crippen LogP contribution in [0.3, 0.4) is 0 Å². The standard InChI is InChI=1S/C21H29NO3/c1-21(24-10-11-25-21)13-17-14-22(2)9-8-15-4-5-16-12-18(23-3)6-7-19(16)20(15)17/h6-7,12,15H,4-5,8-11,13-14H2,1-3H3. The molecule has 4 rings (SSSR count). The maximum Gasteiger partial charge on any atom is 0.169 e. The molecule has 0 bridgehead atoms. The van der Waals surface area contributed by atoms with Gasteiger partial charge >= 0.3 is 0 Å². The smallest absolute Gasteiger partial charge is 0.169 e. The largest absolute Gasteiger partial charge is 0.497 e. The highest BCUT2D eigenvalue weighted by atomic mass is 16.7. The highest BCUT2D eigenvalue weighted by Crippen LogP contribution is 2.44. The molecule has 1 unspecified atom stereocenters. The van der Waals surface area contributed by atoms with Gasteiger partial charge in [-0.05, 0) is 80.1 Å². The molecule has 136 valence electrons. The van der Waals surface area contributed by atoms with Crippen LogP contribution in [0, 0.1) is 5.92 Å². The van der Waals surface area contributed by atoms with Gasteiger partial charge < -0.3 is 19.1 Å². The van der Waals surface area contributed by atoms with Gasteiger partial charge in [-0.2, -0.15) is 0 Å². The summed E-state index contributed by atoms with van der Waals surface area (Å²) in [6.45, 7) is 5.64. The second-order valence-corrected chi connectivity index (χ2v) is 7.81. The zero-order valence-electron chi connectivity index (χ0n) is 15.6. The van der Waals surface area contributed by atoms with Gasteiger partial charge in [0.25, 0.3) is 0 Å². The van der Waals surface area contributed by atoms with E-state index in [1.807, 2.05) is 0 Å². The quantitative estimate of drug-likeness (QED) is 0.840. The molecule has 0 spiro atoms. The Morgan fingerprint density at radius 3 is 2.80 bits per heavy atom. The molecule has 1 aromatic rings. The van der Waals surface area contributed by atoms with Crippen molar-refractivity contribution >= 4 is 5.57 Å². The molecule has 0 aromatic heterocycles. The molecule has 2 aliphatic heterocycles. The van der Waals surface area contributed by atoms with Crippen LogP contribution >= 0.6 is 0 Å². The van der Waals surface area contributed by atoms with Gasteiger partial charge in [0.15, 0.2) is 5.79 Å². The molecule has 1 fully saturated rings. The molecule has 4 nitrogen and oxygen atoms in total. The van der Waals surface area contributed by atoms with Crippen LogP contribution in [0.1, 0.15) is 37.3 Å². The lowest BCUT2D eigenvalue weighted by Crippen LogP contribution is -2.30. The van der Waals surface area contributed by atoms with E-state index in [2.05, 4.69) is 37.1 Å². The maximum atomic E-state index is 5.93. The van der Waals surface area contributed by atoms with Crippen LogP contribution < -0.4 is 4.74 Å². The lowest BCUT2D eigenvalue weighted by atomic mass is 9.75. The van der Waals surface area contributed by atoms with Crippen molar-refractivity contribution in [3.05, 3.63) is 34.9 Å². The van der Waals surface area contributed by atoms with Gasteiger partial charge in [0.2, 0.25) is 0 Å². The maximum absolute atomic E-state index is 5.93. The third kappa shape index (κ3) is 3.35. The zero-order valence-corrected chi connectivity index (χ0v) is 15.6. The first-order chi connectivity index (χ1) is 12.1. The second kappa shape index (κ2) is 6.75. The van der Waals surface area contributed by atoms with Crippen molar-refractivity contribution in [2.45, 2.75) is 38.4 Å². The summed E-state index contributed by atoms with van der Waals surface area (Å²) >= 11 is 0. The molecule has 1 aliphatic carbocycles. The molecular formula is C21H29NO3. The summed E-state index contributed by atoms with van der Waals surface area (Å²) in [4.78, 5) is 2.45. The van der Waals surface area contributed by atoms with Crippen LogP contribution in [0.4, 0.5) is 0 Å². The fourth-order valence-corrected chi connectivity index (χ4v) is 4.69. The van der Waals surface area contributed by atoms with Crippen LogP contribution in [0.5, 0.6) is 5.75 Å². The number of likely N-dealkylation sites (N-methyl/N-ethyl adjacent to an activating group) is 1. The number of hydrogen-bond donors (Lipinski definition) is 0. The molecule has 1 saturated heterocycles. The average Bonchev–Trinajstić information content (AvgIpc) is 2.97. The van der Waals surface area contributed by atoms with Gasteiger partial charge in [0.1, 0.15) is 5.75 Å². The summed E-state index contributed by atoms with van der Waals surface area (Å²) in [5.74, 6) is 1.13. The molecule has 4 heteroatoms. The van der Waals surface area contributed by atoms with Crippen LogP contribution in [-0.2, 0) is 15.9 Å². The average molecular weight is 343 g/mol. The SMILES string of the molecule is COc1ccc2c(c1)CCC1CCN(C)CC(CC3(C)OCCO3)=C21. The summed E-state index contributed by atoms with van der Waals surface area (Å²) in [5, 5.41) is 0. The van der Waals surface area contributed by atoms with Gasteiger partial charge in [-0.25, -0.2) is 0 Å². The van der Waals surface area contributed by atoms with E-state index in [9.17, 15) is 0 Å². The number of aryl methyl sites for hydroxylation is 1. The molecule has 25 heavy (non-hydrogen) atoms. The van der Waals surface area contributed by atoms with E-state index in [4.69, 9.17) is 14.2 Å². The number of benzene rings is 1. The van der Waals surface area contributed by atoms with Crippen molar-refractivity contribution < 1.29 is 14.2 Å². The molecular weight excluding hydrogens is 314 g/mol. The Labute approximate surface area is 150 Å². The van der Waals surface area contributed by atoms with Crippen LogP contribution in [0.25, 0.3) is 5.57 Å². The van der Waals surface area contributed by atoms with Crippen molar-refractivity contribution in [3.63, 3.8) is 0 Å². The number of allylic oxidation sites excluding steroid dienone is 1. The molecule has 0 radical (unpaired) electrons. The number of nitrogens with zero attached hydrogens (tertiary/aromatic N) is 1. The molecule has 1 atom stereocenters. The predicted octanol–water partition coefficient (Wildman–Crippen LogP) is 3.50. The topological polar surface area (TPSA) is 30.9 Å². The van der Waals surface area contributed by atoms with E-state index in [0.717, 1.165) is 31.7 Å². The van der Waals surface area contributed by atoms with E-state index in [-0.39, 0.29) is 0 Å². The second-order valence-electron chi connectivity index (χ2n) is 7.81. The molecule has 0 N–H and O–H groups in total.